The number of piperidine rings is 1. The molecule has 2 heterocycles. The van der Waals surface area contributed by atoms with Crippen LogP contribution in [0, 0.1) is 0 Å². The van der Waals surface area contributed by atoms with Crippen molar-refractivity contribution in [1.82, 2.24) is 10.2 Å². The van der Waals surface area contributed by atoms with Gasteiger partial charge in [0.2, 0.25) is 5.91 Å². The smallest absolute Gasteiger partial charge is 0.262 e. The zero-order chi connectivity index (χ0) is 15.3. The molecule has 108 valence electrons. The number of nitrogens with one attached hydrogen (secondary N) is 1. The highest BCUT2D eigenvalue weighted by atomic mass is 16.3. The summed E-state index contributed by atoms with van der Waals surface area (Å²) in [6.45, 7) is 0. The minimum atomic E-state index is -1.47. The van der Waals surface area contributed by atoms with Crippen LogP contribution in [0.4, 0.5) is 0 Å². The molecule has 1 aromatic rings. The number of aliphatic hydroxyl groups is 1. The Kier molecular flexibility index (Phi) is 2.77. The summed E-state index contributed by atoms with van der Waals surface area (Å²) >= 11 is 0. The second-order valence-electron chi connectivity index (χ2n) is 4.83. The molecule has 2 aliphatic rings. The van der Waals surface area contributed by atoms with Crippen molar-refractivity contribution in [3.05, 3.63) is 29.3 Å². The van der Waals surface area contributed by atoms with Gasteiger partial charge in [0.25, 0.3) is 17.7 Å². The predicted octanol–water partition coefficient (Wildman–Crippen LogP) is -1.24. The van der Waals surface area contributed by atoms with E-state index in [1.807, 2.05) is 5.32 Å². The van der Waals surface area contributed by atoms with Gasteiger partial charge in [-0.2, -0.15) is 0 Å². The summed E-state index contributed by atoms with van der Waals surface area (Å²) < 4.78 is 0. The summed E-state index contributed by atoms with van der Waals surface area (Å²) in [5.74, 6) is -3.29. The summed E-state index contributed by atoms with van der Waals surface area (Å²) in [5, 5.41) is 20.8. The first-order valence-corrected chi connectivity index (χ1v) is 6.14. The molecule has 21 heavy (non-hydrogen) atoms. The van der Waals surface area contributed by atoms with Crippen LogP contribution in [0.15, 0.2) is 18.2 Å². The number of phenols is 1. The molecule has 2 aliphatic heterocycles. The Morgan fingerprint density at radius 1 is 1.05 bits per heavy atom. The molecule has 1 aromatic carbocycles. The number of amides is 4. The lowest BCUT2D eigenvalue weighted by molar-refractivity contribution is -0.143. The molecule has 8 heteroatoms. The Labute approximate surface area is 118 Å². The lowest BCUT2D eigenvalue weighted by Crippen LogP contribution is -2.58. The fourth-order valence-electron chi connectivity index (χ4n) is 2.47. The predicted molar refractivity (Wildman–Crippen MR) is 66.2 cm³/mol. The Balaban J connectivity index is 1.98. The van der Waals surface area contributed by atoms with Crippen LogP contribution in [0.2, 0.25) is 0 Å². The SMILES string of the molecule is O=C1NC(=O)C(N2C(=O)c3ccc(O)cc3C2=O)CC1O. The molecule has 4 amide bonds. The van der Waals surface area contributed by atoms with E-state index in [0.29, 0.717) is 4.90 Å². The number of hydrogen-bond acceptors (Lipinski definition) is 6. The van der Waals surface area contributed by atoms with Gasteiger partial charge in [-0.05, 0) is 18.2 Å². The summed E-state index contributed by atoms with van der Waals surface area (Å²) in [4.78, 5) is 48.2. The van der Waals surface area contributed by atoms with Gasteiger partial charge >= 0.3 is 0 Å². The second-order valence-corrected chi connectivity index (χ2v) is 4.83. The molecule has 0 spiro atoms. The van der Waals surface area contributed by atoms with Crippen LogP contribution in [0.5, 0.6) is 5.75 Å². The van der Waals surface area contributed by atoms with Crippen LogP contribution in [0.3, 0.4) is 0 Å². The van der Waals surface area contributed by atoms with Gasteiger partial charge < -0.3 is 10.2 Å². The van der Waals surface area contributed by atoms with Gasteiger partial charge in [0.1, 0.15) is 17.9 Å². The van der Waals surface area contributed by atoms with Gasteiger partial charge in [-0.3, -0.25) is 29.4 Å². The summed E-state index contributed by atoms with van der Waals surface area (Å²) in [5.41, 5.74) is 0.0520. The molecule has 3 N–H and O–H groups in total. The number of aliphatic hydroxyl groups excluding tert-OH is 1. The number of phenolic OH excluding ortho intramolecular Hbond substituents is 1. The number of nitrogens with zero attached hydrogens (tertiary/aromatic N) is 1. The number of rotatable bonds is 1. The fourth-order valence-corrected chi connectivity index (χ4v) is 2.47. The van der Waals surface area contributed by atoms with E-state index in [-0.39, 0.29) is 23.3 Å². The average molecular weight is 290 g/mol. The van der Waals surface area contributed by atoms with Crippen LogP contribution in [-0.2, 0) is 9.59 Å². The van der Waals surface area contributed by atoms with Crippen molar-refractivity contribution in [3.8, 4) is 5.75 Å². The third kappa shape index (κ3) is 1.88. The maximum atomic E-state index is 12.2. The molecule has 0 bridgehead atoms. The summed E-state index contributed by atoms with van der Waals surface area (Å²) in [6.07, 6.45) is -1.81. The highest BCUT2D eigenvalue weighted by Crippen LogP contribution is 2.29. The first-order chi connectivity index (χ1) is 9.90. The Morgan fingerprint density at radius 2 is 1.71 bits per heavy atom. The lowest BCUT2D eigenvalue weighted by atomic mass is 10.0. The maximum absolute atomic E-state index is 12.2. The van der Waals surface area contributed by atoms with E-state index in [9.17, 15) is 29.4 Å². The van der Waals surface area contributed by atoms with Crippen molar-refractivity contribution in [3.63, 3.8) is 0 Å². The van der Waals surface area contributed by atoms with Gasteiger partial charge in [0, 0.05) is 6.42 Å². The topological polar surface area (TPSA) is 124 Å². The molecule has 8 nitrogen and oxygen atoms in total. The number of carbonyl (C=O) groups excluding carboxylic acids is 4. The average Bonchev–Trinajstić information content (AvgIpc) is 2.66. The van der Waals surface area contributed by atoms with E-state index < -0.39 is 35.8 Å². The van der Waals surface area contributed by atoms with E-state index in [0.717, 1.165) is 6.07 Å². The zero-order valence-corrected chi connectivity index (χ0v) is 10.6. The Morgan fingerprint density at radius 3 is 2.43 bits per heavy atom. The monoisotopic (exact) mass is 290 g/mol. The molecule has 0 aromatic heterocycles. The van der Waals surface area contributed by atoms with Crippen LogP contribution in [0.25, 0.3) is 0 Å². The van der Waals surface area contributed by atoms with E-state index in [2.05, 4.69) is 0 Å². The summed E-state index contributed by atoms with van der Waals surface area (Å²) in [6, 6.07) is 2.42. The third-order valence-corrected chi connectivity index (χ3v) is 3.51. The van der Waals surface area contributed by atoms with E-state index in [1.54, 1.807) is 0 Å². The lowest BCUT2D eigenvalue weighted by Gasteiger charge is -2.30. The van der Waals surface area contributed by atoms with Crippen LogP contribution in [-0.4, -0.2) is 50.9 Å². The van der Waals surface area contributed by atoms with Gasteiger partial charge in [0.15, 0.2) is 0 Å². The minimum absolute atomic E-state index is 0.0146. The molecule has 1 fully saturated rings. The van der Waals surface area contributed by atoms with Crippen molar-refractivity contribution in [2.45, 2.75) is 18.6 Å². The number of fused-ring (bicyclic) bond motifs is 1. The second kappa shape index (κ2) is 4.38. The van der Waals surface area contributed by atoms with Crippen LogP contribution in [0.1, 0.15) is 27.1 Å². The zero-order valence-electron chi connectivity index (χ0n) is 10.6. The number of aromatic hydroxyl groups is 1. The van der Waals surface area contributed by atoms with Gasteiger partial charge in [-0.1, -0.05) is 0 Å². The van der Waals surface area contributed by atoms with Crippen molar-refractivity contribution >= 4 is 23.6 Å². The minimum Gasteiger partial charge on any atom is -0.508 e. The number of imide groups is 2. The van der Waals surface area contributed by atoms with E-state index >= 15 is 0 Å². The normalized spacial score (nSPS) is 25.1. The van der Waals surface area contributed by atoms with Crippen LogP contribution < -0.4 is 5.32 Å². The first-order valence-electron chi connectivity index (χ1n) is 6.14. The quantitative estimate of drug-likeness (QED) is 0.556. The largest absolute Gasteiger partial charge is 0.508 e. The molecule has 0 saturated carbocycles. The van der Waals surface area contributed by atoms with E-state index in [4.69, 9.17) is 0 Å². The van der Waals surface area contributed by atoms with Crippen molar-refractivity contribution in [2.75, 3.05) is 0 Å². The summed E-state index contributed by atoms with van der Waals surface area (Å²) in [7, 11) is 0. The van der Waals surface area contributed by atoms with Crippen LogP contribution >= 0.6 is 0 Å². The Bertz CT molecular complexity index is 698. The van der Waals surface area contributed by atoms with Gasteiger partial charge in [0.05, 0.1) is 11.1 Å². The molecule has 0 radical (unpaired) electrons. The highest BCUT2D eigenvalue weighted by Gasteiger charge is 2.46. The number of hydrogen-bond donors (Lipinski definition) is 3. The molecular weight excluding hydrogens is 280 g/mol. The highest BCUT2D eigenvalue weighted by molar-refractivity contribution is 6.23. The maximum Gasteiger partial charge on any atom is 0.262 e. The van der Waals surface area contributed by atoms with E-state index in [1.165, 1.54) is 12.1 Å². The van der Waals surface area contributed by atoms with Gasteiger partial charge in [-0.15, -0.1) is 0 Å². The molecule has 2 unspecified atom stereocenters. The molecular formula is C13H10N2O6. The molecule has 1 saturated heterocycles. The fraction of sp³-hybridized carbons (Fsp3) is 0.231. The number of carbonyl (C=O) groups is 4. The van der Waals surface area contributed by atoms with Crippen molar-refractivity contribution in [2.24, 2.45) is 0 Å². The first kappa shape index (κ1) is 13.3. The third-order valence-electron chi connectivity index (χ3n) is 3.51. The Hall–Kier alpha value is -2.74. The standard InChI is InChI=1S/C13H10N2O6/c16-5-1-2-6-7(3-5)13(21)15(12(6)20)8-4-9(17)11(19)14-10(8)18/h1-3,8-9,16-17H,4H2,(H,14,18,19). The van der Waals surface area contributed by atoms with Gasteiger partial charge in [-0.25, -0.2) is 0 Å². The van der Waals surface area contributed by atoms with Crippen molar-refractivity contribution < 1.29 is 29.4 Å². The molecule has 0 aliphatic carbocycles. The number of benzene rings is 1. The molecule has 3 rings (SSSR count). The van der Waals surface area contributed by atoms with Crippen molar-refractivity contribution in [1.29, 1.82) is 0 Å². The molecule has 2 atom stereocenters.